The van der Waals surface area contributed by atoms with E-state index in [9.17, 15) is 4.79 Å². The average Bonchev–Trinajstić information content (AvgIpc) is 2.38. The summed E-state index contributed by atoms with van der Waals surface area (Å²) in [6.07, 6.45) is 4.98. The molecule has 4 nitrogen and oxygen atoms in total. The van der Waals surface area contributed by atoms with E-state index in [4.69, 9.17) is 5.73 Å². The van der Waals surface area contributed by atoms with Gasteiger partial charge in [0, 0.05) is 24.3 Å². The van der Waals surface area contributed by atoms with Crippen LogP contribution in [-0.2, 0) is 6.54 Å². The van der Waals surface area contributed by atoms with E-state index in [2.05, 4.69) is 24.1 Å². The van der Waals surface area contributed by atoms with Gasteiger partial charge in [-0.15, -0.1) is 0 Å². The number of carbonyl (C=O) groups excluding carboxylic acids is 1. The molecule has 0 saturated heterocycles. The van der Waals surface area contributed by atoms with E-state index in [1.165, 1.54) is 6.42 Å². The molecule has 4 heteroatoms. The Kier molecular flexibility index (Phi) is 6.50. The number of amides is 1. The van der Waals surface area contributed by atoms with Gasteiger partial charge in [0.2, 0.25) is 0 Å². The zero-order chi connectivity index (χ0) is 14.3. The molecule has 0 aliphatic carbocycles. The maximum atomic E-state index is 12.0. The first-order chi connectivity index (χ1) is 9.02. The van der Waals surface area contributed by atoms with E-state index in [-0.39, 0.29) is 11.9 Å². The third kappa shape index (κ3) is 5.83. The fourth-order valence-corrected chi connectivity index (χ4v) is 1.94. The van der Waals surface area contributed by atoms with Crippen molar-refractivity contribution in [2.24, 2.45) is 11.7 Å². The number of pyridine rings is 1. The molecule has 106 valence electrons. The van der Waals surface area contributed by atoms with Crippen LogP contribution in [0.1, 0.15) is 56.1 Å². The second-order valence-electron chi connectivity index (χ2n) is 5.44. The highest BCUT2D eigenvalue weighted by Gasteiger charge is 2.10. The number of nitrogens with one attached hydrogen (secondary N) is 1. The number of hydrogen-bond acceptors (Lipinski definition) is 3. The van der Waals surface area contributed by atoms with Gasteiger partial charge in [0.05, 0.1) is 5.69 Å². The van der Waals surface area contributed by atoms with Crippen LogP contribution in [0.15, 0.2) is 18.3 Å². The molecule has 19 heavy (non-hydrogen) atoms. The van der Waals surface area contributed by atoms with Gasteiger partial charge in [0.25, 0.3) is 5.91 Å². The number of rotatable bonds is 7. The Bertz CT molecular complexity index is 404. The lowest BCUT2D eigenvalue weighted by atomic mass is 10.0. The molecule has 1 heterocycles. The number of nitrogens with two attached hydrogens (primary N) is 1. The van der Waals surface area contributed by atoms with Crippen molar-refractivity contribution in [2.75, 3.05) is 0 Å². The lowest BCUT2D eigenvalue weighted by Gasteiger charge is -2.14. The van der Waals surface area contributed by atoms with Crippen molar-refractivity contribution in [1.82, 2.24) is 10.3 Å². The number of aromatic nitrogens is 1. The van der Waals surface area contributed by atoms with Gasteiger partial charge in [-0.05, 0) is 31.4 Å². The van der Waals surface area contributed by atoms with E-state index in [0.29, 0.717) is 12.1 Å². The molecule has 1 aromatic heterocycles. The molecular weight excluding hydrogens is 238 g/mol. The van der Waals surface area contributed by atoms with Crippen LogP contribution in [0.2, 0.25) is 0 Å². The summed E-state index contributed by atoms with van der Waals surface area (Å²) in [5, 5.41) is 3.01. The van der Waals surface area contributed by atoms with Gasteiger partial charge in [-0.25, -0.2) is 0 Å². The molecule has 0 saturated carbocycles. The highest BCUT2D eigenvalue weighted by molar-refractivity contribution is 5.94. The van der Waals surface area contributed by atoms with E-state index in [1.807, 2.05) is 6.92 Å². The van der Waals surface area contributed by atoms with Gasteiger partial charge in [0.1, 0.15) is 0 Å². The third-order valence-electron chi connectivity index (χ3n) is 3.08. The molecule has 0 aromatic carbocycles. The van der Waals surface area contributed by atoms with Crippen LogP contribution in [0.4, 0.5) is 0 Å². The first-order valence-corrected chi connectivity index (χ1v) is 6.98. The van der Waals surface area contributed by atoms with E-state index < -0.39 is 0 Å². The van der Waals surface area contributed by atoms with Crippen molar-refractivity contribution in [3.8, 4) is 0 Å². The molecule has 1 amide bonds. The van der Waals surface area contributed by atoms with Crippen molar-refractivity contribution in [3.63, 3.8) is 0 Å². The first-order valence-electron chi connectivity index (χ1n) is 6.98. The zero-order valence-electron chi connectivity index (χ0n) is 12.1. The lowest BCUT2D eigenvalue weighted by Crippen LogP contribution is -2.32. The van der Waals surface area contributed by atoms with Crippen LogP contribution in [0.3, 0.4) is 0 Å². The maximum Gasteiger partial charge on any atom is 0.251 e. The zero-order valence-corrected chi connectivity index (χ0v) is 12.1. The highest BCUT2D eigenvalue weighted by Crippen LogP contribution is 2.09. The molecule has 0 fully saturated rings. The molecule has 1 atom stereocenters. The molecule has 0 aliphatic heterocycles. The van der Waals surface area contributed by atoms with Crippen LogP contribution < -0.4 is 11.1 Å². The Morgan fingerprint density at radius 3 is 2.74 bits per heavy atom. The standard InChI is InChI=1S/C15H25N3O/c1-11(2)5-4-6-12(3)18-15(19)13-7-8-17-14(9-13)10-16/h7-9,11-12H,4-6,10,16H2,1-3H3,(H,18,19). The molecule has 0 bridgehead atoms. The molecule has 1 unspecified atom stereocenters. The molecular formula is C15H25N3O. The lowest BCUT2D eigenvalue weighted by molar-refractivity contribution is 0.0937. The summed E-state index contributed by atoms with van der Waals surface area (Å²) in [5.74, 6) is 0.671. The number of nitrogens with zero attached hydrogens (tertiary/aromatic N) is 1. The van der Waals surface area contributed by atoms with E-state index in [1.54, 1.807) is 18.3 Å². The predicted octanol–water partition coefficient (Wildman–Crippen LogP) is 2.48. The highest BCUT2D eigenvalue weighted by atomic mass is 16.1. The number of carbonyl (C=O) groups is 1. The molecule has 3 N–H and O–H groups in total. The van der Waals surface area contributed by atoms with Gasteiger partial charge in [-0.1, -0.05) is 26.7 Å². The Labute approximate surface area is 115 Å². The van der Waals surface area contributed by atoms with E-state index >= 15 is 0 Å². The van der Waals surface area contributed by atoms with Gasteiger partial charge in [-0.3, -0.25) is 9.78 Å². The van der Waals surface area contributed by atoms with Crippen LogP contribution >= 0.6 is 0 Å². The molecule has 1 aromatic rings. The normalized spacial score (nSPS) is 12.5. The van der Waals surface area contributed by atoms with Crippen molar-refractivity contribution in [1.29, 1.82) is 0 Å². The Morgan fingerprint density at radius 1 is 1.37 bits per heavy atom. The topological polar surface area (TPSA) is 68.0 Å². The van der Waals surface area contributed by atoms with Crippen molar-refractivity contribution in [2.45, 2.75) is 52.6 Å². The summed E-state index contributed by atoms with van der Waals surface area (Å²) in [4.78, 5) is 16.1. The Morgan fingerprint density at radius 2 is 2.11 bits per heavy atom. The minimum atomic E-state index is -0.0471. The van der Waals surface area contributed by atoms with Gasteiger partial charge in [-0.2, -0.15) is 0 Å². The average molecular weight is 263 g/mol. The Hall–Kier alpha value is -1.42. The SMILES string of the molecule is CC(C)CCCC(C)NC(=O)c1ccnc(CN)c1. The largest absolute Gasteiger partial charge is 0.350 e. The molecule has 0 radical (unpaired) electrons. The van der Waals surface area contributed by atoms with Crippen LogP contribution in [-0.4, -0.2) is 16.9 Å². The summed E-state index contributed by atoms with van der Waals surface area (Å²) >= 11 is 0. The van der Waals surface area contributed by atoms with Crippen LogP contribution in [0, 0.1) is 5.92 Å². The summed E-state index contributed by atoms with van der Waals surface area (Å²) in [7, 11) is 0. The summed E-state index contributed by atoms with van der Waals surface area (Å²) in [6.45, 7) is 6.83. The molecule has 1 rings (SSSR count). The van der Waals surface area contributed by atoms with Gasteiger partial charge < -0.3 is 11.1 Å². The van der Waals surface area contributed by atoms with Gasteiger partial charge >= 0.3 is 0 Å². The monoisotopic (exact) mass is 263 g/mol. The first kappa shape index (κ1) is 15.6. The van der Waals surface area contributed by atoms with Crippen molar-refractivity contribution < 1.29 is 4.79 Å². The fourth-order valence-electron chi connectivity index (χ4n) is 1.94. The minimum absolute atomic E-state index is 0.0471. The summed E-state index contributed by atoms with van der Waals surface area (Å²) < 4.78 is 0. The minimum Gasteiger partial charge on any atom is -0.350 e. The fraction of sp³-hybridized carbons (Fsp3) is 0.600. The molecule has 0 spiro atoms. The Balaban J connectivity index is 2.45. The number of hydrogen-bond donors (Lipinski definition) is 2. The second kappa shape index (κ2) is 7.89. The predicted molar refractivity (Wildman–Crippen MR) is 77.7 cm³/mol. The van der Waals surface area contributed by atoms with Crippen molar-refractivity contribution in [3.05, 3.63) is 29.6 Å². The smallest absolute Gasteiger partial charge is 0.251 e. The quantitative estimate of drug-likeness (QED) is 0.794. The third-order valence-corrected chi connectivity index (χ3v) is 3.08. The van der Waals surface area contributed by atoms with Gasteiger partial charge in [0.15, 0.2) is 0 Å². The van der Waals surface area contributed by atoms with Crippen LogP contribution in [0.5, 0.6) is 0 Å². The molecule has 0 aliphatic rings. The summed E-state index contributed by atoms with van der Waals surface area (Å²) in [6, 6.07) is 3.66. The van der Waals surface area contributed by atoms with Crippen molar-refractivity contribution >= 4 is 5.91 Å². The summed E-state index contributed by atoms with van der Waals surface area (Å²) in [5.41, 5.74) is 6.89. The maximum absolute atomic E-state index is 12.0. The van der Waals surface area contributed by atoms with E-state index in [0.717, 1.165) is 24.5 Å². The van der Waals surface area contributed by atoms with Crippen LogP contribution in [0.25, 0.3) is 0 Å². The second-order valence-corrected chi connectivity index (χ2v) is 5.44.